The van der Waals surface area contributed by atoms with Crippen LogP contribution in [0.5, 0.6) is 0 Å². The number of nitrogens with one attached hydrogen (secondary N) is 1. The standard InChI is InChI=1S/C10H20N2O/c1-3-5-9(12-11)8-6-7-13-10(8)4-2/h3,8-10,12H,1,4-7,11H2,2H3. The normalized spacial score (nSPS) is 30.3. The van der Waals surface area contributed by atoms with Crippen LogP contribution < -0.4 is 11.3 Å². The molecule has 3 unspecified atom stereocenters. The average molecular weight is 184 g/mol. The topological polar surface area (TPSA) is 47.3 Å². The summed E-state index contributed by atoms with van der Waals surface area (Å²) in [6.07, 6.45) is 5.39. The molecule has 1 aliphatic rings. The summed E-state index contributed by atoms with van der Waals surface area (Å²) in [7, 11) is 0. The summed E-state index contributed by atoms with van der Waals surface area (Å²) in [5.74, 6) is 6.05. The minimum absolute atomic E-state index is 0.324. The summed E-state index contributed by atoms with van der Waals surface area (Å²) in [5, 5.41) is 0. The van der Waals surface area contributed by atoms with E-state index in [1.165, 1.54) is 0 Å². The minimum Gasteiger partial charge on any atom is -0.378 e. The van der Waals surface area contributed by atoms with Gasteiger partial charge in [0, 0.05) is 18.6 Å². The molecule has 0 amide bonds. The van der Waals surface area contributed by atoms with E-state index in [2.05, 4.69) is 18.9 Å². The molecule has 0 spiro atoms. The van der Waals surface area contributed by atoms with Crippen molar-refractivity contribution in [3.63, 3.8) is 0 Å². The van der Waals surface area contributed by atoms with Crippen molar-refractivity contribution >= 4 is 0 Å². The quantitative estimate of drug-likeness (QED) is 0.383. The van der Waals surface area contributed by atoms with Gasteiger partial charge in [0.15, 0.2) is 0 Å². The first-order valence-electron chi connectivity index (χ1n) is 5.02. The molecule has 1 rings (SSSR count). The largest absolute Gasteiger partial charge is 0.378 e. The zero-order valence-corrected chi connectivity index (χ0v) is 8.33. The Morgan fingerprint density at radius 2 is 2.54 bits per heavy atom. The van der Waals surface area contributed by atoms with Gasteiger partial charge in [0.25, 0.3) is 0 Å². The predicted molar refractivity (Wildman–Crippen MR) is 54.1 cm³/mol. The monoisotopic (exact) mass is 184 g/mol. The third-order valence-corrected chi connectivity index (χ3v) is 2.81. The number of hydrogen-bond donors (Lipinski definition) is 2. The number of rotatable bonds is 5. The Morgan fingerprint density at radius 1 is 1.77 bits per heavy atom. The van der Waals surface area contributed by atoms with Gasteiger partial charge in [0.1, 0.15) is 0 Å². The van der Waals surface area contributed by atoms with Crippen LogP contribution in [0.4, 0.5) is 0 Å². The molecule has 0 aromatic rings. The Morgan fingerprint density at radius 3 is 3.08 bits per heavy atom. The highest BCUT2D eigenvalue weighted by molar-refractivity contribution is 4.88. The maximum absolute atomic E-state index is 5.61. The molecule has 3 atom stereocenters. The van der Waals surface area contributed by atoms with Gasteiger partial charge in [-0.1, -0.05) is 13.0 Å². The molecule has 0 radical (unpaired) electrons. The lowest BCUT2D eigenvalue weighted by molar-refractivity contribution is 0.0777. The van der Waals surface area contributed by atoms with Crippen molar-refractivity contribution in [2.45, 2.75) is 38.3 Å². The zero-order valence-electron chi connectivity index (χ0n) is 8.33. The summed E-state index contributed by atoms with van der Waals surface area (Å²) in [5.41, 5.74) is 2.86. The van der Waals surface area contributed by atoms with E-state index in [-0.39, 0.29) is 0 Å². The lowest BCUT2D eigenvalue weighted by atomic mass is 9.90. The SMILES string of the molecule is C=CCC(NN)C1CCOC1CC. The third kappa shape index (κ3) is 2.53. The van der Waals surface area contributed by atoms with Gasteiger partial charge in [-0.25, -0.2) is 0 Å². The molecule has 76 valence electrons. The number of hydrazine groups is 1. The van der Waals surface area contributed by atoms with Gasteiger partial charge in [-0.2, -0.15) is 0 Å². The van der Waals surface area contributed by atoms with Gasteiger partial charge in [0.05, 0.1) is 6.10 Å². The smallest absolute Gasteiger partial charge is 0.0617 e. The Kier molecular flexibility index (Phi) is 4.42. The molecule has 3 heteroatoms. The fraction of sp³-hybridized carbons (Fsp3) is 0.800. The highest BCUT2D eigenvalue weighted by Gasteiger charge is 2.32. The first-order valence-corrected chi connectivity index (χ1v) is 5.02. The van der Waals surface area contributed by atoms with Gasteiger partial charge >= 0.3 is 0 Å². The van der Waals surface area contributed by atoms with Gasteiger partial charge in [-0.05, 0) is 19.3 Å². The van der Waals surface area contributed by atoms with Crippen LogP contribution in [0.3, 0.4) is 0 Å². The molecule has 1 fully saturated rings. The Labute approximate surface area is 80.3 Å². The first kappa shape index (κ1) is 10.7. The van der Waals surface area contributed by atoms with E-state index in [0.29, 0.717) is 18.1 Å². The second-order valence-corrected chi connectivity index (χ2v) is 3.57. The van der Waals surface area contributed by atoms with E-state index in [0.717, 1.165) is 25.9 Å². The lowest BCUT2D eigenvalue weighted by Gasteiger charge is -2.25. The van der Waals surface area contributed by atoms with Crippen LogP contribution in [0.1, 0.15) is 26.2 Å². The van der Waals surface area contributed by atoms with Crippen LogP contribution in [-0.2, 0) is 4.74 Å². The Hall–Kier alpha value is -0.380. The van der Waals surface area contributed by atoms with Gasteiger partial charge in [-0.15, -0.1) is 6.58 Å². The van der Waals surface area contributed by atoms with Gasteiger partial charge in [0.2, 0.25) is 0 Å². The fourth-order valence-electron chi connectivity index (χ4n) is 2.09. The molecule has 0 aromatic carbocycles. The molecule has 13 heavy (non-hydrogen) atoms. The molecule has 1 heterocycles. The highest BCUT2D eigenvalue weighted by Crippen LogP contribution is 2.27. The average Bonchev–Trinajstić information content (AvgIpc) is 2.61. The summed E-state index contributed by atoms with van der Waals surface area (Å²) in [6, 6.07) is 0.324. The summed E-state index contributed by atoms with van der Waals surface area (Å²) >= 11 is 0. The number of nitrogens with two attached hydrogens (primary N) is 1. The van der Waals surface area contributed by atoms with Gasteiger partial charge in [-0.3, -0.25) is 11.3 Å². The molecule has 0 saturated carbocycles. The summed E-state index contributed by atoms with van der Waals surface area (Å²) < 4.78 is 5.61. The third-order valence-electron chi connectivity index (χ3n) is 2.81. The second-order valence-electron chi connectivity index (χ2n) is 3.57. The van der Waals surface area contributed by atoms with E-state index in [9.17, 15) is 0 Å². The lowest BCUT2D eigenvalue weighted by Crippen LogP contribution is -2.43. The van der Waals surface area contributed by atoms with Crippen LogP contribution in [0.15, 0.2) is 12.7 Å². The number of ether oxygens (including phenoxy) is 1. The van der Waals surface area contributed by atoms with E-state index in [1.807, 2.05) is 6.08 Å². The van der Waals surface area contributed by atoms with E-state index in [1.54, 1.807) is 0 Å². The van der Waals surface area contributed by atoms with Crippen molar-refractivity contribution in [3.05, 3.63) is 12.7 Å². The van der Waals surface area contributed by atoms with Gasteiger partial charge < -0.3 is 4.74 Å². The maximum Gasteiger partial charge on any atom is 0.0617 e. The molecule has 0 aromatic heterocycles. The molecule has 1 aliphatic heterocycles. The molecule has 0 bridgehead atoms. The van der Waals surface area contributed by atoms with Crippen molar-refractivity contribution in [1.29, 1.82) is 0 Å². The fourth-order valence-corrected chi connectivity index (χ4v) is 2.09. The number of hydrogen-bond acceptors (Lipinski definition) is 3. The maximum atomic E-state index is 5.61. The van der Waals surface area contributed by atoms with Crippen LogP contribution >= 0.6 is 0 Å². The van der Waals surface area contributed by atoms with Crippen LogP contribution in [0, 0.1) is 5.92 Å². The van der Waals surface area contributed by atoms with E-state index >= 15 is 0 Å². The van der Waals surface area contributed by atoms with Crippen molar-refractivity contribution in [2.75, 3.05) is 6.61 Å². The Balaban J connectivity index is 2.50. The molecule has 1 saturated heterocycles. The molecule has 0 aliphatic carbocycles. The molecular formula is C10H20N2O. The van der Waals surface area contributed by atoms with Crippen LogP contribution in [0.2, 0.25) is 0 Å². The van der Waals surface area contributed by atoms with Crippen LogP contribution in [-0.4, -0.2) is 18.8 Å². The summed E-state index contributed by atoms with van der Waals surface area (Å²) in [4.78, 5) is 0. The van der Waals surface area contributed by atoms with E-state index in [4.69, 9.17) is 10.6 Å². The van der Waals surface area contributed by atoms with Crippen LogP contribution in [0.25, 0.3) is 0 Å². The molecule has 3 nitrogen and oxygen atoms in total. The Bertz CT molecular complexity index is 161. The van der Waals surface area contributed by atoms with Crippen molar-refractivity contribution in [2.24, 2.45) is 11.8 Å². The van der Waals surface area contributed by atoms with Crippen molar-refractivity contribution in [1.82, 2.24) is 5.43 Å². The second kappa shape index (κ2) is 5.37. The van der Waals surface area contributed by atoms with Crippen molar-refractivity contribution < 1.29 is 4.74 Å². The predicted octanol–water partition coefficient (Wildman–Crippen LogP) is 1.21. The highest BCUT2D eigenvalue weighted by atomic mass is 16.5. The molecule has 3 N–H and O–H groups in total. The van der Waals surface area contributed by atoms with E-state index < -0.39 is 0 Å². The van der Waals surface area contributed by atoms with Crippen molar-refractivity contribution in [3.8, 4) is 0 Å². The first-order chi connectivity index (χ1) is 6.33. The molecular weight excluding hydrogens is 164 g/mol. The zero-order chi connectivity index (χ0) is 9.68. The minimum atomic E-state index is 0.324. The summed E-state index contributed by atoms with van der Waals surface area (Å²) in [6.45, 7) is 6.77.